The minimum atomic E-state index is 0.711. The fraction of sp³-hybridized carbons (Fsp3) is 0.250. The van der Waals surface area contributed by atoms with Crippen LogP contribution in [0.5, 0.6) is 11.5 Å². The first-order valence-corrected chi connectivity index (χ1v) is 7.48. The van der Waals surface area contributed by atoms with Gasteiger partial charge in [-0.3, -0.25) is 0 Å². The third kappa shape index (κ3) is 3.25. The summed E-state index contributed by atoms with van der Waals surface area (Å²) in [5.41, 5.74) is 2.28. The number of benzene rings is 2. The lowest BCUT2D eigenvalue weighted by Crippen LogP contribution is -2.00. The second kappa shape index (κ2) is 6.18. The van der Waals surface area contributed by atoms with Crippen LogP contribution in [0.1, 0.15) is 12.0 Å². The Morgan fingerprint density at radius 3 is 2.50 bits per heavy atom. The quantitative estimate of drug-likeness (QED) is 0.912. The van der Waals surface area contributed by atoms with Gasteiger partial charge in [-0.15, -0.1) is 0 Å². The Morgan fingerprint density at radius 2 is 1.70 bits per heavy atom. The molecule has 0 spiro atoms. The van der Waals surface area contributed by atoms with Gasteiger partial charge in [0.05, 0.1) is 13.2 Å². The van der Waals surface area contributed by atoms with Crippen LogP contribution in [-0.2, 0) is 6.54 Å². The van der Waals surface area contributed by atoms with E-state index in [1.165, 1.54) is 5.56 Å². The highest BCUT2D eigenvalue weighted by molar-refractivity contribution is 9.10. The second-order valence-corrected chi connectivity index (χ2v) is 5.61. The summed E-state index contributed by atoms with van der Waals surface area (Å²) in [6.45, 7) is 2.22. The van der Waals surface area contributed by atoms with Gasteiger partial charge < -0.3 is 14.8 Å². The summed E-state index contributed by atoms with van der Waals surface area (Å²) in [5.74, 6) is 1.65. The van der Waals surface area contributed by atoms with E-state index in [0.29, 0.717) is 6.61 Å². The molecule has 1 aliphatic heterocycles. The fourth-order valence-corrected chi connectivity index (χ4v) is 2.34. The van der Waals surface area contributed by atoms with Gasteiger partial charge in [0.2, 0.25) is 0 Å². The number of rotatable bonds is 3. The Kier molecular flexibility index (Phi) is 4.11. The molecular formula is C16H16BrNO2. The minimum absolute atomic E-state index is 0.711. The van der Waals surface area contributed by atoms with Crippen LogP contribution < -0.4 is 14.8 Å². The van der Waals surface area contributed by atoms with Crippen LogP contribution in [0.2, 0.25) is 0 Å². The third-order valence-corrected chi connectivity index (χ3v) is 3.69. The SMILES string of the molecule is Brc1ccc(CNc2ccc3c(c2)OCCCO3)cc1. The summed E-state index contributed by atoms with van der Waals surface area (Å²) < 4.78 is 12.4. The number of hydrogen-bond donors (Lipinski definition) is 1. The van der Waals surface area contributed by atoms with Gasteiger partial charge in [0.25, 0.3) is 0 Å². The van der Waals surface area contributed by atoms with E-state index in [1.54, 1.807) is 0 Å². The van der Waals surface area contributed by atoms with E-state index in [4.69, 9.17) is 9.47 Å². The Balaban J connectivity index is 1.68. The van der Waals surface area contributed by atoms with Crippen molar-refractivity contribution >= 4 is 21.6 Å². The third-order valence-electron chi connectivity index (χ3n) is 3.16. The molecule has 0 aromatic heterocycles. The van der Waals surface area contributed by atoms with Gasteiger partial charge in [0.15, 0.2) is 11.5 Å². The molecule has 1 N–H and O–H groups in total. The van der Waals surface area contributed by atoms with Crippen molar-refractivity contribution in [1.82, 2.24) is 0 Å². The number of anilines is 1. The van der Waals surface area contributed by atoms with Gasteiger partial charge in [-0.2, -0.15) is 0 Å². The molecule has 3 nitrogen and oxygen atoms in total. The van der Waals surface area contributed by atoms with E-state index < -0.39 is 0 Å². The summed E-state index contributed by atoms with van der Waals surface area (Å²) in [6.07, 6.45) is 0.927. The van der Waals surface area contributed by atoms with Crippen molar-refractivity contribution in [2.45, 2.75) is 13.0 Å². The van der Waals surface area contributed by atoms with Crippen LogP contribution in [0.25, 0.3) is 0 Å². The van der Waals surface area contributed by atoms with Gasteiger partial charge in [0, 0.05) is 29.2 Å². The number of nitrogens with one attached hydrogen (secondary N) is 1. The van der Waals surface area contributed by atoms with Gasteiger partial charge in [-0.25, -0.2) is 0 Å². The van der Waals surface area contributed by atoms with E-state index in [2.05, 4.69) is 33.4 Å². The molecule has 2 aromatic carbocycles. The van der Waals surface area contributed by atoms with Crippen molar-refractivity contribution in [2.24, 2.45) is 0 Å². The van der Waals surface area contributed by atoms with Crippen LogP contribution in [0.3, 0.4) is 0 Å². The summed E-state index contributed by atoms with van der Waals surface area (Å²) in [7, 11) is 0. The Labute approximate surface area is 127 Å². The molecule has 104 valence electrons. The highest BCUT2D eigenvalue weighted by Crippen LogP contribution is 2.32. The Hall–Kier alpha value is -1.68. The average molecular weight is 334 g/mol. The Morgan fingerprint density at radius 1 is 0.950 bits per heavy atom. The molecule has 0 amide bonds. The smallest absolute Gasteiger partial charge is 0.163 e. The molecule has 0 unspecified atom stereocenters. The summed E-state index contributed by atoms with van der Waals surface area (Å²) in [5, 5.41) is 3.40. The molecule has 0 fully saturated rings. The first-order valence-electron chi connectivity index (χ1n) is 6.69. The lowest BCUT2D eigenvalue weighted by Gasteiger charge is -2.11. The van der Waals surface area contributed by atoms with Gasteiger partial charge in [0.1, 0.15) is 0 Å². The Bertz CT molecular complexity index is 584. The van der Waals surface area contributed by atoms with Crippen LogP contribution >= 0.6 is 15.9 Å². The highest BCUT2D eigenvalue weighted by atomic mass is 79.9. The average Bonchev–Trinajstić information content (AvgIpc) is 2.71. The van der Waals surface area contributed by atoms with Crippen molar-refractivity contribution < 1.29 is 9.47 Å². The first kappa shape index (κ1) is 13.3. The van der Waals surface area contributed by atoms with Crippen LogP contribution in [0.4, 0.5) is 5.69 Å². The largest absolute Gasteiger partial charge is 0.490 e. The molecule has 1 aliphatic rings. The molecule has 20 heavy (non-hydrogen) atoms. The molecule has 4 heteroatoms. The molecule has 0 saturated carbocycles. The maximum Gasteiger partial charge on any atom is 0.163 e. The molecular weight excluding hydrogens is 318 g/mol. The molecule has 1 heterocycles. The predicted octanol–water partition coefficient (Wildman–Crippen LogP) is 4.22. The van der Waals surface area contributed by atoms with Crippen molar-refractivity contribution in [1.29, 1.82) is 0 Å². The number of halogens is 1. The maximum absolute atomic E-state index is 5.69. The second-order valence-electron chi connectivity index (χ2n) is 4.69. The zero-order chi connectivity index (χ0) is 13.8. The molecule has 0 atom stereocenters. The zero-order valence-corrected chi connectivity index (χ0v) is 12.7. The standard InChI is InChI=1S/C16H16BrNO2/c17-13-4-2-12(3-5-13)11-18-14-6-7-15-16(10-14)20-9-1-8-19-15/h2-7,10,18H,1,8-9,11H2. The topological polar surface area (TPSA) is 30.5 Å². The zero-order valence-electron chi connectivity index (χ0n) is 11.1. The van der Waals surface area contributed by atoms with E-state index in [-0.39, 0.29) is 0 Å². The van der Waals surface area contributed by atoms with Crippen molar-refractivity contribution in [2.75, 3.05) is 18.5 Å². The van der Waals surface area contributed by atoms with Crippen molar-refractivity contribution in [3.05, 3.63) is 52.5 Å². The van der Waals surface area contributed by atoms with Crippen LogP contribution in [0.15, 0.2) is 46.9 Å². The minimum Gasteiger partial charge on any atom is -0.490 e. The van der Waals surface area contributed by atoms with Crippen molar-refractivity contribution in [3.8, 4) is 11.5 Å². The molecule has 0 bridgehead atoms. The van der Waals surface area contributed by atoms with Crippen LogP contribution in [0, 0.1) is 0 Å². The first-order chi connectivity index (χ1) is 9.81. The molecule has 0 radical (unpaired) electrons. The monoisotopic (exact) mass is 333 g/mol. The summed E-state index contributed by atoms with van der Waals surface area (Å²) in [4.78, 5) is 0. The van der Waals surface area contributed by atoms with E-state index in [9.17, 15) is 0 Å². The van der Waals surface area contributed by atoms with E-state index in [0.717, 1.165) is 41.2 Å². The number of hydrogen-bond acceptors (Lipinski definition) is 3. The van der Waals surface area contributed by atoms with Gasteiger partial charge in [-0.1, -0.05) is 28.1 Å². The predicted molar refractivity (Wildman–Crippen MR) is 83.5 cm³/mol. The fourth-order valence-electron chi connectivity index (χ4n) is 2.08. The summed E-state index contributed by atoms with van der Waals surface area (Å²) in [6, 6.07) is 14.3. The number of ether oxygens (including phenoxy) is 2. The molecule has 2 aromatic rings. The normalized spacial score (nSPS) is 13.7. The number of fused-ring (bicyclic) bond motifs is 1. The molecule has 0 aliphatic carbocycles. The van der Waals surface area contributed by atoms with Gasteiger partial charge >= 0.3 is 0 Å². The summed E-state index contributed by atoms with van der Waals surface area (Å²) >= 11 is 3.44. The lowest BCUT2D eigenvalue weighted by molar-refractivity contribution is 0.297. The van der Waals surface area contributed by atoms with Gasteiger partial charge in [-0.05, 0) is 29.8 Å². The maximum atomic E-state index is 5.69. The van der Waals surface area contributed by atoms with Crippen LogP contribution in [-0.4, -0.2) is 13.2 Å². The van der Waals surface area contributed by atoms with E-state index in [1.807, 2.05) is 30.3 Å². The molecule has 3 rings (SSSR count). The molecule has 0 saturated heterocycles. The highest BCUT2D eigenvalue weighted by Gasteiger charge is 2.10. The van der Waals surface area contributed by atoms with Crippen molar-refractivity contribution in [3.63, 3.8) is 0 Å². The lowest BCUT2D eigenvalue weighted by atomic mass is 10.2. The van der Waals surface area contributed by atoms with E-state index >= 15 is 0 Å².